The Morgan fingerprint density at radius 2 is 1.96 bits per heavy atom. The maximum atomic E-state index is 13.4. The number of nitrogens with zero attached hydrogens (tertiary/aromatic N) is 4. The molecule has 28 heavy (non-hydrogen) atoms. The van der Waals surface area contributed by atoms with E-state index in [0.717, 1.165) is 37.7 Å². The molecule has 150 valence electrons. The zero-order chi connectivity index (χ0) is 19.6. The van der Waals surface area contributed by atoms with E-state index in [0.29, 0.717) is 24.0 Å². The van der Waals surface area contributed by atoms with E-state index < -0.39 is 15.6 Å². The van der Waals surface area contributed by atoms with Crippen LogP contribution in [-0.2, 0) is 15.6 Å². The predicted molar refractivity (Wildman–Crippen MR) is 101 cm³/mol. The Kier molecular flexibility index (Phi) is 3.87. The van der Waals surface area contributed by atoms with Crippen molar-refractivity contribution in [3.05, 3.63) is 30.1 Å². The van der Waals surface area contributed by atoms with E-state index in [2.05, 4.69) is 20.1 Å². The van der Waals surface area contributed by atoms with Gasteiger partial charge in [0.05, 0.1) is 12.6 Å². The van der Waals surface area contributed by atoms with Crippen molar-refractivity contribution in [3.63, 3.8) is 0 Å². The number of hydrogen-bond acceptors (Lipinski definition) is 6. The van der Waals surface area contributed by atoms with E-state index in [4.69, 9.17) is 4.74 Å². The molecule has 4 saturated carbocycles. The van der Waals surface area contributed by atoms with Crippen molar-refractivity contribution < 1.29 is 13.2 Å². The maximum Gasteiger partial charge on any atom is 0.244 e. The molecule has 8 nitrogen and oxygen atoms in total. The van der Waals surface area contributed by atoms with E-state index in [1.165, 1.54) is 13.4 Å². The highest BCUT2D eigenvalue weighted by Gasteiger charge is 2.60. The highest BCUT2D eigenvalue weighted by molar-refractivity contribution is 7.89. The molecule has 1 aromatic carbocycles. The number of benzene rings is 1. The maximum absolute atomic E-state index is 13.4. The van der Waals surface area contributed by atoms with Crippen molar-refractivity contribution in [3.8, 4) is 5.75 Å². The quantitative estimate of drug-likeness (QED) is 0.820. The van der Waals surface area contributed by atoms with Gasteiger partial charge in [-0.25, -0.2) is 13.1 Å². The Morgan fingerprint density at radius 1 is 1.21 bits per heavy atom. The van der Waals surface area contributed by atoms with Gasteiger partial charge in [0, 0.05) is 5.54 Å². The summed E-state index contributed by atoms with van der Waals surface area (Å²) in [6.07, 6.45) is 7.06. The number of sulfonamides is 1. The molecule has 0 saturated heterocycles. The van der Waals surface area contributed by atoms with Gasteiger partial charge in [-0.15, -0.1) is 10.2 Å². The van der Waals surface area contributed by atoms with Crippen LogP contribution in [0.5, 0.6) is 5.75 Å². The number of hydrogen-bond donors (Lipinski definition) is 1. The fraction of sp³-hybridized carbons (Fsp3) is 0.632. The second-order valence-corrected chi connectivity index (χ2v) is 10.6. The number of ether oxygens (including phenoxy) is 1. The lowest BCUT2D eigenvalue weighted by Crippen LogP contribution is -2.66. The van der Waals surface area contributed by atoms with Crippen molar-refractivity contribution in [1.82, 2.24) is 24.9 Å². The van der Waals surface area contributed by atoms with Crippen LogP contribution in [0, 0.1) is 18.8 Å². The summed E-state index contributed by atoms with van der Waals surface area (Å²) in [5.74, 6) is 1.33. The van der Waals surface area contributed by atoms with E-state index in [-0.39, 0.29) is 10.4 Å². The Morgan fingerprint density at radius 3 is 2.61 bits per heavy atom. The molecule has 4 bridgehead atoms. The molecule has 1 N–H and O–H groups in total. The summed E-state index contributed by atoms with van der Waals surface area (Å²) in [5, 5.41) is 12.4. The third-order valence-corrected chi connectivity index (χ3v) is 8.36. The van der Waals surface area contributed by atoms with Crippen molar-refractivity contribution >= 4 is 10.0 Å². The van der Waals surface area contributed by atoms with E-state index in [1.807, 2.05) is 13.0 Å². The van der Waals surface area contributed by atoms with Gasteiger partial charge < -0.3 is 4.74 Å². The monoisotopic (exact) mass is 403 g/mol. The molecule has 4 fully saturated rings. The van der Waals surface area contributed by atoms with Gasteiger partial charge in [0.25, 0.3) is 0 Å². The standard InChI is InChI=1S/C19H25N5O3S/c1-13-3-4-16(27-2)17(5-13)28(25,26)22-18-7-14-6-15(8-18)10-19(9-14,11-18)24-21-12-20-23-24/h3-5,12,14-15,22H,6-11H2,1-2H3. The molecule has 4 aliphatic carbocycles. The van der Waals surface area contributed by atoms with E-state index >= 15 is 0 Å². The van der Waals surface area contributed by atoms with Crippen LogP contribution in [0.25, 0.3) is 0 Å². The molecular weight excluding hydrogens is 378 g/mol. The Bertz CT molecular complexity index is 991. The number of aryl methyl sites for hydroxylation is 1. The van der Waals surface area contributed by atoms with Gasteiger partial charge in [-0.3, -0.25) is 0 Å². The average molecular weight is 404 g/mol. The van der Waals surface area contributed by atoms with Crippen LogP contribution < -0.4 is 9.46 Å². The van der Waals surface area contributed by atoms with Gasteiger partial charge in [-0.1, -0.05) is 6.07 Å². The first kappa shape index (κ1) is 18.1. The summed E-state index contributed by atoms with van der Waals surface area (Å²) in [5.41, 5.74) is 0.181. The Labute approximate surface area is 164 Å². The molecule has 4 aliphatic rings. The molecule has 1 aromatic heterocycles. The van der Waals surface area contributed by atoms with Crippen LogP contribution in [0.1, 0.15) is 44.1 Å². The highest BCUT2D eigenvalue weighted by Crippen LogP contribution is 2.60. The lowest BCUT2D eigenvalue weighted by atomic mass is 9.50. The molecule has 9 heteroatoms. The fourth-order valence-corrected chi connectivity index (χ4v) is 7.96. The molecule has 1 heterocycles. The van der Waals surface area contributed by atoms with Gasteiger partial charge in [0.1, 0.15) is 10.6 Å². The molecule has 6 rings (SSSR count). The summed E-state index contributed by atoms with van der Waals surface area (Å²) in [7, 11) is -2.22. The lowest BCUT2D eigenvalue weighted by Gasteiger charge is -2.61. The molecule has 0 amide bonds. The zero-order valence-corrected chi connectivity index (χ0v) is 16.9. The normalized spacial score (nSPS) is 33.9. The first-order chi connectivity index (χ1) is 13.3. The predicted octanol–water partition coefficient (Wildman–Crippen LogP) is 2.02. The second-order valence-electron chi connectivity index (χ2n) is 8.95. The van der Waals surface area contributed by atoms with Crippen LogP contribution in [-0.4, -0.2) is 41.3 Å². The smallest absolute Gasteiger partial charge is 0.244 e. The molecule has 0 aliphatic heterocycles. The Hall–Kier alpha value is -2.00. The zero-order valence-electron chi connectivity index (χ0n) is 16.1. The number of aromatic nitrogens is 4. The minimum Gasteiger partial charge on any atom is -0.495 e. The largest absolute Gasteiger partial charge is 0.495 e. The molecular formula is C19H25N5O3S. The van der Waals surface area contributed by atoms with Gasteiger partial charge in [0.2, 0.25) is 10.0 Å². The Balaban J connectivity index is 1.52. The molecule has 2 aromatic rings. The third kappa shape index (κ3) is 2.75. The van der Waals surface area contributed by atoms with Crippen LogP contribution in [0.3, 0.4) is 0 Å². The molecule has 0 radical (unpaired) electrons. The van der Waals surface area contributed by atoms with Gasteiger partial charge in [-0.05, 0) is 80.2 Å². The van der Waals surface area contributed by atoms with Crippen LogP contribution in [0.2, 0.25) is 0 Å². The highest BCUT2D eigenvalue weighted by atomic mass is 32.2. The lowest BCUT2D eigenvalue weighted by molar-refractivity contribution is -0.0768. The summed E-state index contributed by atoms with van der Waals surface area (Å²) in [6.45, 7) is 1.88. The number of tetrazole rings is 1. The summed E-state index contributed by atoms with van der Waals surface area (Å²) in [4.78, 5) is 1.94. The van der Waals surface area contributed by atoms with Crippen LogP contribution in [0.4, 0.5) is 0 Å². The van der Waals surface area contributed by atoms with Crippen LogP contribution in [0.15, 0.2) is 29.4 Å². The first-order valence-electron chi connectivity index (χ1n) is 9.75. The third-order valence-electron chi connectivity index (χ3n) is 6.76. The topological polar surface area (TPSA) is 99.0 Å². The van der Waals surface area contributed by atoms with Gasteiger partial charge in [0.15, 0.2) is 6.33 Å². The minimum absolute atomic E-state index is 0.207. The molecule has 2 atom stereocenters. The average Bonchev–Trinajstić information content (AvgIpc) is 3.15. The molecule has 0 spiro atoms. The summed E-state index contributed by atoms with van der Waals surface area (Å²) < 4.78 is 35.2. The number of methoxy groups -OCH3 is 1. The fourth-order valence-electron chi connectivity index (χ4n) is 6.29. The first-order valence-corrected chi connectivity index (χ1v) is 11.2. The van der Waals surface area contributed by atoms with Crippen molar-refractivity contribution in [2.45, 2.75) is 61.4 Å². The summed E-state index contributed by atoms with van der Waals surface area (Å²) in [6, 6.07) is 5.24. The van der Waals surface area contributed by atoms with E-state index in [1.54, 1.807) is 16.9 Å². The van der Waals surface area contributed by atoms with Gasteiger partial charge >= 0.3 is 0 Å². The van der Waals surface area contributed by atoms with Gasteiger partial charge in [-0.2, -0.15) is 4.80 Å². The van der Waals surface area contributed by atoms with E-state index in [9.17, 15) is 8.42 Å². The second kappa shape index (κ2) is 6.00. The molecule has 2 unspecified atom stereocenters. The number of nitrogens with one attached hydrogen (secondary N) is 1. The van der Waals surface area contributed by atoms with Crippen molar-refractivity contribution in [1.29, 1.82) is 0 Å². The van der Waals surface area contributed by atoms with Crippen molar-refractivity contribution in [2.24, 2.45) is 11.8 Å². The minimum atomic E-state index is -3.72. The number of rotatable bonds is 5. The summed E-state index contributed by atoms with van der Waals surface area (Å²) >= 11 is 0. The SMILES string of the molecule is COc1ccc(C)cc1S(=O)(=O)NC12CC3CC(C1)CC(n1ncnn1)(C3)C2. The van der Waals surface area contributed by atoms with Crippen molar-refractivity contribution in [2.75, 3.05) is 7.11 Å². The van der Waals surface area contributed by atoms with Crippen LogP contribution >= 0.6 is 0 Å².